The summed E-state index contributed by atoms with van der Waals surface area (Å²) >= 11 is 0. The first-order chi connectivity index (χ1) is 20.9. The molecule has 2 aliphatic heterocycles. The number of aliphatic hydroxyl groups excluding tert-OH is 6. The van der Waals surface area contributed by atoms with E-state index in [0.29, 0.717) is 18.8 Å². The van der Waals surface area contributed by atoms with Gasteiger partial charge in [-0.25, -0.2) is 0 Å². The lowest BCUT2D eigenvalue weighted by Crippen LogP contribution is -2.72. The monoisotopic (exact) mass is 636 g/mol. The second kappa shape index (κ2) is 11.2. The smallest absolute Gasteiger partial charge is 0.187 e. The molecule has 3 unspecified atom stereocenters. The normalized spacial score (nSPS) is 57.0. The van der Waals surface area contributed by atoms with E-state index in [9.17, 15) is 30.6 Å². The van der Waals surface area contributed by atoms with Crippen molar-refractivity contribution in [3.63, 3.8) is 0 Å². The van der Waals surface area contributed by atoms with Gasteiger partial charge in [0, 0.05) is 0 Å². The molecule has 0 radical (unpaired) electrons. The molecule has 258 valence electrons. The van der Waals surface area contributed by atoms with E-state index in [0.717, 1.165) is 32.1 Å². The van der Waals surface area contributed by atoms with E-state index in [1.165, 1.54) is 5.57 Å². The zero-order chi connectivity index (χ0) is 33.1. The van der Waals surface area contributed by atoms with Crippen molar-refractivity contribution in [3.05, 3.63) is 11.6 Å². The molecule has 9 heteroatoms. The largest absolute Gasteiger partial charge is 0.394 e. The first-order valence-electron chi connectivity index (χ1n) is 17.5. The molecule has 0 bridgehead atoms. The maximum Gasteiger partial charge on any atom is 0.187 e. The summed E-state index contributed by atoms with van der Waals surface area (Å²) in [5, 5.41) is 65.0. The van der Waals surface area contributed by atoms with Crippen molar-refractivity contribution < 1.29 is 44.8 Å². The molecule has 4 aliphatic carbocycles. The highest BCUT2D eigenvalue weighted by molar-refractivity contribution is 5.24. The lowest BCUT2D eigenvalue weighted by Gasteiger charge is -2.72. The van der Waals surface area contributed by atoms with Gasteiger partial charge in [-0.15, -0.1) is 0 Å². The molecule has 0 aromatic rings. The van der Waals surface area contributed by atoms with Crippen LogP contribution in [-0.2, 0) is 14.2 Å². The molecule has 9 nitrogen and oxygen atoms in total. The SMILES string of the molecule is CC(C)=CC[C@@H]1O[C@@H]2C[C@@H]3[C@@]4(C)CC[C@H](O)C(C)(C)C4[C@@H](O)C[C@@]3(C)[C@]3(C)CCC(C23)[C@@]1(C)O[C@@H]1O[C@H](CO)[C@@H](O)[C@H](O)[C@H]1O. The van der Waals surface area contributed by atoms with Gasteiger partial charge in [0.2, 0.25) is 0 Å². The Morgan fingerprint density at radius 3 is 2.20 bits per heavy atom. The molecule has 2 saturated heterocycles. The van der Waals surface area contributed by atoms with Gasteiger partial charge in [0.25, 0.3) is 0 Å². The van der Waals surface area contributed by atoms with Crippen LogP contribution in [0, 0.1) is 45.3 Å². The quantitative estimate of drug-likeness (QED) is 0.250. The molecule has 2 heterocycles. The van der Waals surface area contributed by atoms with Crippen molar-refractivity contribution >= 4 is 0 Å². The molecule has 0 aromatic carbocycles. The summed E-state index contributed by atoms with van der Waals surface area (Å²) in [6.07, 6.45) is -0.227. The first kappa shape index (κ1) is 34.3. The average molecular weight is 637 g/mol. The second-order valence-corrected chi connectivity index (χ2v) is 17.6. The van der Waals surface area contributed by atoms with Crippen LogP contribution in [0.1, 0.15) is 100 Å². The molecule has 6 N–H and O–H groups in total. The summed E-state index contributed by atoms with van der Waals surface area (Å²) in [6, 6.07) is 0. The molecule has 6 fully saturated rings. The maximum atomic E-state index is 12.0. The van der Waals surface area contributed by atoms with Crippen molar-refractivity contribution in [2.75, 3.05) is 6.61 Å². The van der Waals surface area contributed by atoms with Gasteiger partial charge in [-0.05, 0) is 111 Å². The van der Waals surface area contributed by atoms with Gasteiger partial charge in [0.15, 0.2) is 6.29 Å². The van der Waals surface area contributed by atoms with E-state index in [1.54, 1.807) is 0 Å². The molecule has 4 saturated carbocycles. The van der Waals surface area contributed by atoms with Crippen LogP contribution >= 0.6 is 0 Å². The number of allylic oxidation sites excluding steroid dienone is 1. The molecule has 0 spiro atoms. The Morgan fingerprint density at radius 2 is 1.56 bits per heavy atom. The van der Waals surface area contributed by atoms with Crippen LogP contribution in [0.5, 0.6) is 0 Å². The summed E-state index contributed by atoms with van der Waals surface area (Å²) in [5.41, 5.74) is -0.566. The molecular weight excluding hydrogens is 576 g/mol. The Hall–Kier alpha value is -0.620. The van der Waals surface area contributed by atoms with Crippen LogP contribution in [-0.4, -0.2) is 98.0 Å². The highest BCUT2D eigenvalue weighted by Gasteiger charge is 2.75. The highest BCUT2D eigenvalue weighted by atomic mass is 16.7. The van der Waals surface area contributed by atoms with Gasteiger partial charge < -0.3 is 44.8 Å². The standard InChI is InChI=1S/C36H60O9/c1-18(2)9-10-25-36(8,45-31-29(42)28(41)27(40)22(17-37)44-31)19-11-14-34(6)26(19)21(43-25)15-23-33(5)13-12-24(39)32(3,4)30(33)20(38)16-35(23,34)7/h9,19-31,37-42H,10-17H2,1-8H3/t19?,20-,21+,22+,23+,24-,25-,26?,27+,28-,29+,30?,31-,33+,34+,35+,36+/m0/s1. The van der Waals surface area contributed by atoms with Crippen molar-refractivity contribution in [1.82, 2.24) is 0 Å². The Labute approximate surface area is 269 Å². The van der Waals surface area contributed by atoms with E-state index in [2.05, 4.69) is 61.5 Å². The number of fused-ring (bicyclic) bond motifs is 4. The molecule has 0 amide bonds. The molecule has 6 aliphatic rings. The van der Waals surface area contributed by atoms with Crippen LogP contribution in [0.3, 0.4) is 0 Å². The Balaban J connectivity index is 1.39. The molecule has 17 atom stereocenters. The van der Waals surface area contributed by atoms with Crippen LogP contribution in [0.25, 0.3) is 0 Å². The molecule has 45 heavy (non-hydrogen) atoms. The lowest BCUT2D eigenvalue weighted by molar-refractivity contribution is -0.368. The third-order valence-corrected chi connectivity index (χ3v) is 14.9. The van der Waals surface area contributed by atoms with Crippen molar-refractivity contribution in [2.24, 2.45) is 45.3 Å². The van der Waals surface area contributed by atoms with Gasteiger partial charge in [-0.1, -0.05) is 46.3 Å². The third kappa shape index (κ3) is 4.73. The van der Waals surface area contributed by atoms with Gasteiger partial charge in [-0.2, -0.15) is 0 Å². The average Bonchev–Trinajstić information content (AvgIpc) is 3.34. The number of ether oxygens (including phenoxy) is 3. The number of rotatable bonds is 5. The number of hydrogen-bond donors (Lipinski definition) is 6. The summed E-state index contributed by atoms with van der Waals surface area (Å²) in [6.45, 7) is 17.1. The topological polar surface area (TPSA) is 149 Å². The van der Waals surface area contributed by atoms with Crippen molar-refractivity contribution in [3.8, 4) is 0 Å². The Kier molecular flexibility index (Phi) is 8.53. The van der Waals surface area contributed by atoms with E-state index in [1.807, 2.05) is 0 Å². The molecular formula is C36H60O9. The van der Waals surface area contributed by atoms with Crippen LogP contribution < -0.4 is 0 Å². The van der Waals surface area contributed by atoms with Crippen molar-refractivity contribution in [1.29, 1.82) is 0 Å². The van der Waals surface area contributed by atoms with E-state index < -0.39 is 55.1 Å². The third-order valence-electron chi connectivity index (χ3n) is 14.9. The zero-order valence-electron chi connectivity index (χ0n) is 28.6. The summed E-state index contributed by atoms with van der Waals surface area (Å²) in [4.78, 5) is 0. The lowest BCUT2D eigenvalue weighted by atomic mass is 9.34. The van der Waals surface area contributed by atoms with Gasteiger partial charge in [-0.3, -0.25) is 0 Å². The Morgan fingerprint density at radius 1 is 0.867 bits per heavy atom. The Bertz CT molecular complexity index is 1150. The zero-order valence-corrected chi connectivity index (χ0v) is 28.6. The fourth-order valence-electron chi connectivity index (χ4n) is 12.5. The number of hydrogen-bond acceptors (Lipinski definition) is 9. The summed E-state index contributed by atoms with van der Waals surface area (Å²) in [7, 11) is 0. The summed E-state index contributed by atoms with van der Waals surface area (Å²) < 4.78 is 19.9. The van der Waals surface area contributed by atoms with Crippen LogP contribution in [0.2, 0.25) is 0 Å². The van der Waals surface area contributed by atoms with E-state index in [4.69, 9.17) is 14.2 Å². The van der Waals surface area contributed by atoms with Gasteiger partial charge in [0.05, 0.1) is 36.6 Å². The fraction of sp³-hybridized carbons (Fsp3) is 0.944. The van der Waals surface area contributed by atoms with Gasteiger partial charge in [0.1, 0.15) is 24.4 Å². The van der Waals surface area contributed by atoms with Gasteiger partial charge >= 0.3 is 0 Å². The summed E-state index contributed by atoms with van der Waals surface area (Å²) in [5.74, 6) is 0.518. The second-order valence-electron chi connectivity index (χ2n) is 17.6. The minimum absolute atomic E-state index is 0.00553. The minimum atomic E-state index is -1.52. The maximum absolute atomic E-state index is 12.0. The fourth-order valence-corrected chi connectivity index (χ4v) is 12.5. The minimum Gasteiger partial charge on any atom is -0.394 e. The molecule has 0 aromatic heterocycles. The number of aliphatic hydroxyl groups is 6. The van der Waals surface area contributed by atoms with Crippen LogP contribution in [0.4, 0.5) is 0 Å². The van der Waals surface area contributed by atoms with Crippen molar-refractivity contribution in [2.45, 2.75) is 161 Å². The van der Waals surface area contributed by atoms with E-state index in [-0.39, 0.29) is 51.6 Å². The predicted octanol–water partition coefficient (Wildman–Crippen LogP) is 3.31. The highest BCUT2D eigenvalue weighted by Crippen LogP contribution is 2.77. The van der Waals surface area contributed by atoms with E-state index >= 15 is 0 Å². The first-order valence-corrected chi connectivity index (χ1v) is 17.5. The molecule has 6 rings (SSSR count). The van der Waals surface area contributed by atoms with Crippen LogP contribution in [0.15, 0.2) is 11.6 Å². The predicted molar refractivity (Wildman–Crippen MR) is 168 cm³/mol.